The maximum atomic E-state index is 12.6. The molecule has 2 aromatic rings. The zero-order valence-electron chi connectivity index (χ0n) is 14.9. The Morgan fingerprint density at radius 3 is 2.72 bits per heavy atom. The summed E-state index contributed by atoms with van der Waals surface area (Å²) in [6.45, 7) is 5.44. The van der Waals surface area contributed by atoms with E-state index in [1.54, 1.807) is 7.11 Å². The summed E-state index contributed by atoms with van der Waals surface area (Å²) in [5, 5.41) is 0. The molecule has 1 atom stereocenters. The van der Waals surface area contributed by atoms with Gasteiger partial charge in [0.05, 0.1) is 32.4 Å². The number of carbonyl (C=O) groups excluding carboxylic acids is 1. The van der Waals surface area contributed by atoms with E-state index in [1.807, 2.05) is 49.1 Å². The van der Waals surface area contributed by atoms with Crippen molar-refractivity contribution in [3.63, 3.8) is 0 Å². The SMILES string of the molecule is COc1ccc(CC(=O)N2CCO[C@H](c3cc(C)nc(C)n3)C2)cc1. The van der Waals surface area contributed by atoms with Gasteiger partial charge in [-0.25, -0.2) is 9.97 Å². The normalized spacial score (nSPS) is 17.4. The number of rotatable bonds is 4. The third-order valence-corrected chi connectivity index (χ3v) is 4.25. The lowest BCUT2D eigenvalue weighted by Crippen LogP contribution is -2.43. The van der Waals surface area contributed by atoms with Crippen molar-refractivity contribution in [3.05, 3.63) is 53.1 Å². The van der Waals surface area contributed by atoms with Crippen LogP contribution in [0.1, 0.15) is 28.9 Å². The topological polar surface area (TPSA) is 64.5 Å². The van der Waals surface area contributed by atoms with Crippen molar-refractivity contribution in [2.75, 3.05) is 26.8 Å². The van der Waals surface area contributed by atoms with Crippen molar-refractivity contribution in [2.24, 2.45) is 0 Å². The molecule has 6 heteroatoms. The minimum atomic E-state index is -0.200. The van der Waals surface area contributed by atoms with Crippen molar-refractivity contribution in [2.45, 2.75) is 26.4 Å². The molecule has 6 nitrogen and oxygen atoms in total. The molecule has 0 radical (unpaired) electrons. The van der Waals surface area contributed by atoms with Crippen LogP contribution in [0.2, 0.25) is 0 Å². The fourth-order valence-corrected chi connectivity index (χ4v) is 3.00. The molecule has 3 rings (SSSR count). The molecule has 0 bridgehead atoms. The largest absolute Gasteiger partial charge is 0.497 e. The van der Waals surface area contributed by atoms with Crippen molar-refractivity contribution in [1.29, 1.82) is 0 Å². The quantitative estimate of drug-likeness (QED) is 0.853. The minimum Gasteiger partial charge on any atom is -0.497 e. The third kappa shape index (κ3) is 4.33. The molecule has 0 aliphatic carbocycles. The van der Waals surface area contributed by atoms with Crippen LogP contribution in [0.25, 0.3) is 0 Å². The lowest BCUT2D eigenvalue weighted by atomic mass is 10.1. The van der Waals surface area contributed by atoms with Crippen molar-refractivity contribution < 1.29 is 14.3 Å². The van der Waals surface area contributed by atoms with Crippen LogP contribution in [0.5, 0.6) is 5.75 Å². The first-order chi connectivity index (χ1) is 12.0. The number of hydrogen-bond donors (Lipinski definition) is 0. The first kappa shape index (κ1) is 17.4. The minimum absolute atomic E-state index is 0.0981. The van der Waals surface area contributed by atoms with Gasteiger partial charge in [-0.05, 0) is 37.6 Å². The second-order valence-electron chi connectivity index (χ2n) is 6.21. The first-order valence-electron chi connectivity index (χ1n) is 8.39. The van der Waals surface area contributed by atoms with Crippen LogP contribution in [-0.2, 0) is 16.0 Å². The van der Waals surface area contributed by atoms with Crippen LogP contribution >= 0.6 is 0 Å². The maximum Gasteiger partial charge on any atom is 0.227 e. The average Bonchev–Trinajstić information content (AvgIpc) is 2.61. The Morgan fingerprint density at radius 1 is 1.28 bits per heavy atom. The van der Waals surface area contributed by atoms with E-state index in [2.05, 4.69) is 9.97 Å². The molecule has 2 heterocycles. The molecule has 25 heavy (non-hydrogen) atoms. The number of hydrogen-bond acceptors (Lipinski definition) is 5. The van der Waals surface area contributed by atoms with Gasteiger partial charge in [0.2, 0.25) is 5.91 Å². The third-order valence-electron chi connectivity index (χ3n) is 4.25. The standard InChI is InChI=1S/C19H23N3O3/c1-13-10-17(21-14(2)20-13)18-12-22(8-9-25-18)19(23)11-15-4-6-16(24-3)7-5-15/h4-7,10,18H,8-9,11-12H2,1-3H3/t18-/m0/s1. The molecule has 0 saturated carbocycles. The molecule has 1 saturated heterocycles. The van der Waals surface area contributed by atoms with Gasteiger partial charge in [-0.3, -0.25) is 4.79 Å². The summed E-state index contributed by atoms with van der Waals surface area (Å²) in [7, 11) is 1.63. The molecule has 1 aliphatic heterocycles. The van der Waals surface area contributed by atoms with Crippen LogP contribution in [-0.4, -0.2) is 47.6 Å². The summed E-state index contributed by atoms with van der Waals surface area (Å²) in [4.78, 5) is 23.3. The van der Waals surface area contributed by atoms with E-state index in [9.17, 15) is 4.79 Å². The Labute approximate surface area is 147 Å². The molecule has 1 aliphatic rings. The number of methoxy groups -OCH3 is 1. The highest BCUT2D eigenvalue weighted by molar-refractivity contribution is 5.79. The first-order valence-corrected chi connectivity index (χ1v) is 8.39. The van der Waals surface area contributed by atoms with E-state index in [0.29, 0.717) is 26.1 Å². The van der Waals surface area contributed by atoms with Crippen LogP contribution in [0, 0.1) is 13.8 Å². The van der Waals surface area contributed by atoms with Gasteiger partial charge in [-0.15, -0.1) is 0 Å². The highest BCUT2D eigenvalue weighted by atomic mass is 16.5. The molecule has 132 valence electrons. The number of nitrogens with zero attached hydrogens (tertiary/aromatic N) is 3. The predicted molar refractivity (Wildman–Crippen MR) is 93.5 cm³/mol. The second kappa shape index (κ2) is 7.61. The Balaban J connectivity index is 1.66. The van der Waals surface area contributed by atoms with Crippen molar-refractivity contribution >= 4 is 5.91 Å². The van der Waals surface area contributed by atoms with Gasteiger partial charge in [-0.1, -0.05) is 12.1 Å². The van der Waals surface area contributed by atoms with E-state index in [-0.39, 0.29) is 12.0 Å². The zero-order valence-corrected chi connectivity index (χ0v) is 14.9. The van der Waals surface area contributed by atoms with E-state index < -0.39 is 0 Å². The molecular formula is C19H23N3O3. The fourth-order valence-electron chi connectivity index (χ4n) is 3.00. The molecule has 1 aromatic carbocycles. The number of morpholine rings is 1. The lowest BCUT2D eigenvalue weighted by molar-refractivity contribution is -0.138. The molecule has 0 unspecified atom stereocenters. The number of carbonyl (C=O) groups is 1. The summed E-state index contributed by atoms with van der Waals surface area (Å²) >= 11 is 0. The van der Waals surface area contributed by atoms with Crippen molar-refractivity contribution in [3.8, 4) is 5.75 Å². The molecule has 0 N–H and O–H groups in total. The number of aromatic nitrogens is 2. The highest BCUT2D eigenvalue weighted by Gasteiger charge is 2.26. The van der Waals surface area contributed by atoms with Gasteiger partial charge in [-0.2, -0.15) is 0 Å². The monoisotopic (exact) mass is 341 g/mol. The van der Waals surface area contributed by atoms with E-state index in [4.69, 9.17) is 9.47 Å². The molecule has 1 amide bonds. The van der Waals surface area contributed by atoms with Gasteiger partial charge in [0.25, 0.3) is 0 Å². The maximum absolute atomic E-state index is 12.6. The van der Waals surface area contributed by atoms with Gasteiger partial charge in [0, 0.05) is 12.2 Å². The number of ether oxygens (including phenoxy) is 2. The van der Waals surface area contributed by atoms with Crippen LogP contribution in [0.3, 0.4) is 0 Å². The number of amides is 1. The van der Waals surface area contributed by atoms with E-state index in [0.717, 1.165) is 28.5 Å². The van der Waals surface area contributed by atoms with Crippen LogP contribution < -0.4 is 4.74 Å². The smallest absolute Gasteiger partial charge is 0.227 e. The molecular weight excluding hydrogens is 318 g/mol. The number of aryl methyl sites for hydroxylation is 2. The van der Waals surface area contributed by atoms with Crippen molar-refractivity contribution in [1.82, 2.24) is 14.9 Å². The number of benzene rings is 1. The Hall–Kier alpha value is -2.47. The van der Waals surface area contributed by atoms with E-state index >= 15 is 0 Å². The molecule has 0 spiro atoms. The predicted octanol–water partition coefficient (Wildman–Crippen LogP) is 2.24. The van der Waals surface area contributed by atoms with E-state index in [1.165, 1.54) is 0 Å². The average molecular weight is 341 g/mol. The van der Waals surface area contributed by atoms with Gasteiger partial charge in [0.15, 0.2) is 0 Å². The fraction of sp³-hybridized carbons (Fsp3) is 0.421. The van der Waals surface area contributed by atoms with Gasteiger partial charge >= 0.3 is 0 Å². The highest BCUT2D eigenvalue weighted by Crippen LogP contribution is 2.22. The van der Waals surface area contributed by atoms with Crippen LogP contribution in [0.15, 0.2) is 30.3 Å². The Bertz CT molecular complexity index is 726. The summed E-state index contributed by atoms with van der Waals surface area (Å²) in [5.41, 5.74) is 2.72. The summed E-state index contributed by atoms with van der Waals surface area (Å²) in [6, 6.07) is 9.51. The lowest BCUT2D eigenvalue weighted by Gasteiger charge is -2.33. The summed E-state index contributed by atoms with van der Waals surface area (Å²) in [5.74, 6) is 1.61. The Kier molecular flexibility index (Phi) is 5.28. The Morgan fingerprint density at radius 2 is 2.04 bits per heavy atom. The summed E-state index contributed by atoms with van der Waals surface area (Å²) in [6.07, 6.45) is 0.174. The van der Waals surface area contributed by atoms with Crippen LogP contribution in [0.4, 0.5) is 0 Å². The molecule has 1 aromatic heterocycles. The second-order valence-corrected chi connectivity index (χ2v) is 6.21. The molecule has 1 fully saturated rings. The summed E-state index contributed by atoms with van der Waals surface area (Å²) < 4.78 is 11.0. The zero-order chi connectivity index (χ0) is 17.8. The van der Waals surface area contributed by atoms with Gasteiger partial charge in [0.1, 0.15) is 17.7 Å². The van der Waals surface area contributed by atoms with Gasteiger partial charge < -0.3 is 14.4 Å².